The fraction of sp³-hybridized carbons (Fsp3) is 0.360. The molecule has 2 aromatic rings. The van der Waals surface area contributed by atoms with E-state index in [0.717, 1.165) is 29.8 Å². The molecular formula is C25H28ClN3OS. The van der Waals surface area contributed by atoms with Gasteiger partial charge in [-0.15, -0.1) is 0 Å². The number of aryl methyl sites for hydroxylation is 1. The molecule has 1 amide bonds. The number of nitrogens with zero attached hydrogens (tertiary/aromatic N) is 2. The van der Waals surface area contributed by atoms with Gasteiger partial charge >= 0.3 is 0 Å². The Morgan fingerprint density at radius 2 is 2.10 bits per heavy atom. The van der Waals surface area contributed by atoms with Crippen molar-refractivity contribution in [3.63, 3.8) is 0 Å². The third-order valence-corrected chi connectivity index (χ3v) is 7.23. The molecule has 6 heteroatoms. The maximum atomic E-state index is 12.6. The van der Waals surface area contributed by atoms with Crippen molar-refractivity contribution >= 4 is 51.9 Å². The zero-order chi connectivity index (χ0) is 22.3. The molecule has 162 valence electrons. The second kappa shape index (κ2) is 8.36. The molecule has 0 saturated carbocycles. The summed E-state index contributed by atoms with van der Waals surface area (Å²) in [6, 6.07) is 12.1. The van der Waals surface area contributed by atoms with Crippen LogP contribution in [0.5, 0.6) is 0 Å². The van der Waals surface area contributed by atoms with Crippen molar-refractivity contribution in [3.8, 4) is 0 Å². The Morgan fingerprint density at radius 3 is 2.81 bits per heavy atom. The number of thioether (sulfide) groups is 1. The van der Waals surface area contributed by atoms with Gasteiger partial charge in [-0.05, 0) is 98.8 Å². The number of carbonyl (C=O) groups is 1. The molecule has 1 N–H and O–H groups in total. The molecule has 0 aromatic heterocycles. The number of nitrogens with one attached hydrogen (secondary N) is 1. The van der Waals surface area contributed by atoms with E-state index < -0.39 is 0 Å². The second-order valence-corrected chi connectivity index (χ2v) is 10.4. The maximum absolute atomic E-state index is 12.6. The van der Waals surface area contributed by atoms with Gasteiger partial charge in [0.25, 0.3) is 5.91 Å². The highest BCUT2D eigenvalue weighted by molar-refractivity contribution is 8.18. The number of hydrogen-bond donors (Lipinski definition) is 1. The topological polar surface area (TPSA) is 44.7 Å². The van der Waals surface area contributed by atoms with E-state index in [9.17, 15) is 4.79 Å². The number of amides is 1. The lowest BCUT2D eigenvalue weighted by atomic mass is 9.79. The molecule has 0 aliphatic carbocycles. The predicted molar refractivity (Wildman–Crippen MR) is 134 cm³/mol. The highest BCUT2D eigenvalue weighted by atomic mass is 35.5. The van der Waals surface area contributed by atoms with E-state index in [1.807, 2.05) is 37.3 Å². The molecule has 0 spiro atoms. The van der Waals surface area contributed by atoms with Gasteiger partial charge in [-0.2, -0.15) is 0 Å². The van der Waals surface area contributed by atoms with Crippen LogP contribution in [0.2, 0.25) is 5.02 Å². The Balaban J connectivity index is 1.67. The van der Waals surface area contributed by atoms with Gasteiger partial charge in [0.15, 0.2) is 5.17 Å². The predicted octanol–water partition coefficient (Wildman–Crippen LogP) is 6.65. The number of benzene rings is 2. The van der Waals surface area contributed by atoms with E-state index in [0.29, 0.717) is 21.0 Å². The SMILES string of the molecule is CCN1c2cc(Cl)c(/C=C3/SC(=Nc4cccc(C)c4)NC3=O)cc2C(C)CC1(C)C. The maximum Gasteiger partial charge on any atom is 0.264 e. The fourth-order valence-corrected chi connectivity index (χ4v) is 5.71. The van der Waals surface area contributed by atoms with Crippen molar-refractivity contribution in [2.24, 2.45) is 4.99 Å². The molecule has 2 aliphatic rings. The number of halogens is 1. The molecule has 1 saturated heterocycles. The summed E-state index contributed by atoms with van der Waals surface area (Å²) in [6.45, 7) is 12.0. The van der Waals surface area contributed by atoms with E-state index >= 15 is 0 Å². The van der Waals surface area contributed by atoms with Gasteiger partial charge in [0, 0.05) is 22.8 Å². The molecule has 1 atom stereocenters. The van der Waals surface area contributed by atoms with Crippen molar-refractivity contribution < 1.29 is 4.79 Å². The summed E-state index contributed by atoms with van der Waals surface area (Å²) in [5.41, 5.74) is 5.40. The van der Waals surface area contributed by atoms with Crippen molar-refractivity contribution in [1.29, 1.82) is 0 Å². The molecular weight excluding hydrogens is 426 g/mol. The summed E-state index contributed by atoms with van der Waals surface area (Å²) in [7, 11) is 0. The van der Waals surface area contributed by atoms with Crippen LogP contribution in [0, 0.1) is 6.92 Å². The van der Waals surface area contributed by atoms with E-state index in [2.05, 4.69) is 55.0 Å². The van der Waals surface area contributed by atoms with Gasteiger partial charge in [-0.25, -0.2) is 4.99 Å². The number of amidine groups is 1. The fourth-order valence-electron chi connectivity index (χ4n) is 4.67. The molecule has 2 aromatic carbocycles. The van der Waals surface area contributed by atoms with Gasteiger partial charge in [0.1, 0.15) is 0 Å². The molecule has 31 heavy (non-hydrogen) atoms. The van der Waals surface area contributed by atoms with Crippen molar-refractivity contribution in [1.82, 2.24) is 5.32 Å². The van der Waals surface area contributed by atoms with Crippen LogP contribution in [0.3, 0.4) is 0 Å². The molecule has 4 rings (SSSR count). The van der Waals surface area contributed by atoms with Crippen LogP contribution in [-0.4, -0.2) is 23.2 Å². The lowest BCUT2D eigenvalue weighted by Crippen LogP contribution is -2.48. The van der Waals surface area contributed by atoms with E-state index in [1.165, 1.54) is 23.0 Å². The minimum absolute atomic E-state index is 0.0901. The summed E-state index contributed by atoms with van der Waals surface area (Å²) in [5, 5.41) is 4.11. The van der Waals surface area contributed by atoms with Crippen LogP contribution in [-0.2, 0) is 4.79 Å². The summed E-state index contributed by atoms with van der Waals surface area (Å²) >= 11 is 8.04. The summed E-state index contributed by atoms with van der Waals surface area (Å²) in [4.78, 5) is 20.2. The average Bonchev–Trinajstić information content (AvgIpc) is 3.01. The molecule has 1 fully saturated rings. The third kappa shape index (κ3) is 4.39. The minimum atomic E-state index is -0.144. The summed E-state index contributed by atoms with van der Waals surface area (Å²) < 4.78 is 0. The molecule has 0 radical (unpaired) electrons. The third-order valence-electron chi connectivity index (χ3n) is 5.99. The van der Waals surface area contributed by atoms with Crippen LogP contribution in [0.15, 0.2) is 46.3 Å². The van der Waals surface area contributed by atoms with Crippen LogP contribution >= 0.6 is 23.4 Å². The van der Waals surface area contributed by atoms with E-state index in [-0.39, 0.29) is 11.4 Å². The lowest BCUT2D eigenvalue weighted by molar-refractivity contribution is -0.115. The van der Waals surface area contributed by atoms with Crippen LogP contribution in [0.4, 0.5) is 11.4 Å². The first-order chi connectivity index (χ1) is 14.7. The largest absolute Gasteiger partial charge is 0.366 e. The molecule has 4 nitrogen and oxygen atoms in total. The number of fused-ring (bicyclic) bond motifs is 1. The zero-order valence-electron chi connectivity index (χ0n) is 18.6. The molecule has 0 bridgehead atoms. The quantitative estimate of drug-likeness (QED) is 0.529. The van der Waals surface area contributed by atoms with Crippen molar-refractivity contribution in [2.45, 2.75) is 52.5 Å². The normalized spacial score (nSPS) is 22.7. The van der Waals surface area contributed by atoms with Gasteiger partial charge < -0.3 is 10.2 Å². The average molecular weight is 454 g/mol. The Morgan fingerprint density at radius 1 is 1.32 bits per heavy atom. The van der Waals surface area contributed by atoms with Gasteiger partial charge in [0.2, 0.25) is 0 Å². The molecule has 2 aliphatic heterocycles. The number of rotatable bonds is 3. The Labute approximate surface area is 193 Å². The Bertz CT molecular complexity index is 1110. The van der Waals surface area contributed by atoms with Crippen LogP contribution in [0.1, 0.15) is 56.7 Å². The van der Waals surface area contributed by atoms with E-state index in [4.69, 9.17) is 11.6 Å². The highest BCUT2D eigenvalue weighted by Gasteiger charge is 2.36. The summed E-state index contributed by atoms with van der Waals surface area (Å²) in [6.07, 6.45) is 2.96. The number of anilines is 1. The van der Waals surface area contributed by atoms with Gasteiger partial charge in [-0.3, -0.25) is 4.79 Å². The number of aliphatic imine (C=N–C) groups is 1. The Kier molecular flexibility index (Phi) is 5.93. The zero-order valence-corrected chi connectivity index (χ0v) is 20.2. The molecule has 2 heterocycles. The van der Waals surface area contributed by atoms with Crippen LogP contribution < -0.4 is 10.2 Å². The van der Waals surface area contributed by atoms with E-state index in [1.54, 1.807) is 0 Å². The highest BCUT2D eigenvalue weighted by Crippen LogP contribution is 2.45. The first kappa shape index (κ1) is 22.0. The van der Waals surface area contributed by atoms with Crippen molar-refractivity contribution in [3.05, 3.63) is 63.0 Å². The lowest BCUT2D eigenvalue weighted by Gasteiger charge is -2.47. The van der Waals surface area contributed by atoms with Crippen molar-refractivity contribution in [2.75, 3.05) is 11.4 Å². The first-order valence-corrected chi connectivity index (χ1v) is 11.8. The number of hydrogen-bond acceptors (Lipinski definition) is 4. The standard InChI is InChI=1S/C25H28ClN3OS/c1-6-29-21-13-20(26)17(11-19(21)16(3)14-25(29,4)5)12-22-23(30)28-24(31-22)27-18-9-7-8-15(2)10-18/h7-13,16H,6,14H2,1-5H3,(H,27,28,30)/b22-12+. The number of carbonyl (C=O) groups excluding carboxylic acids is 1. The summed E-state index contributed by atoms with van der Waals surface area (Å²) in [5.74, 6) is 0.278. The molecule has 1 unspecified atom stereocenters. The van der Waals surface area contributed by atoms with Gasteiger partial charge in [-0.1, -0.05) is 30.7 Å². The smallest absolute Gasteiger partial charge is 0.264 e. The first-order valence-electron chi connectivity index (χ1n) is 10.7. The monoisotopic (exact) mass is 453 g/mol. The van der Waals surface area contributed by atoms with Crippen LogP contribution in [0.25, 0.3) is 6.08 Å². The minimum Gasteiger partial charge on any atom is -0.366 e. The Hall–Kier alpha value is -2.24. The van der Waals surface area contributed by atoms with Gasteiger partial charge in [0.05, 0.1) is 10.6 Å². The second-order valence-electron chi connectivity index (χ2n) is 8.92.